The van der Waals surface area contributed by atoms with E-state index in [9.17, 15) is 0 Å². The fourth-order valence-electron chi connectivity index (χ4n) is 2.28. The van der Waals surface area contributed by atoms with Crippen molar-refractivity contribution in [3.05, 3.63) is 41.7 Å². The number of rotatable bonds is 2. The highest BCUT2D eigenvalue weighted by molar-refractivity contribution is 9.11. The van der Waals surface area contributed by atoms with Crippen molar-refractivity contribution >= 4 is 54.5 Å². The van der Waals surface area contributed by atoms with E-state index in [1.807, 2.05) is 22.7 Å². The third kappa shape index (κ3) is 2.29. The zero-order chi connectivity index (χ0) is 12.0. The van der Waals surface area contributed by atoms with Gasteiger partial charge in [0.1, 0.15) is 0 Å². The summed E-state index contributed by atoms with van der Waals surface area (Å²) in [5, 5.41) is 0. The molecule has 0 nitrogen and oxygen atoms in total. The van der Waals surface area contributed by atoms with Gasteiger partial charge in [-0.25, -0.2) is 0 Å². The molecule has 3 rings (SSSR count). The Hall–Kier alpha value is 0.360. The van der Waals surface area contributed by atoms with Crippen LogP contribution in [-0.4, -0.2) is 0 Å². The first kappa shape index (κ1) is 12.4. The Balaban J connectivity index is 1.95. The summed E-state index contributed by atoms with van der Waals surface area (Å²) in [4.78, 5) is 6.17. The summed E-state index contributed by atoms with van der Waals surface area (Å²) in [5.74, 6) is 0. The van der Waals surface area contributed by atoms with Crippen molar-refractivity contribution in [2.45, 2.75) is 31.0 Å². The van der Waals surface area contributed by atoms with Crippen LogP contribution >= 0.6 is 54.5 Å². The zero-order valence-electron chi connectivity index (χ0n) is 9.43. The molecule has 0 saturated carbocycles. The molecule has 2 aromatic heterocycles. The van der Waals surface area contributed by atoms with Gasteiger partial charge in [0.05, 0.1) is 4.83 Å². The van der Waals surface area contributed by atoms with Gasteiger partial charge < -0.3 is 0 Å². The minimum Gasteiger partial charge on any atom is -0.144 e. The average Bonchev–Trinajstić information content (AvgIpc) is 2.90. The Morgan fingerprint density at radius 2 is 2.06 bits per heavy atom. The second-order valence-corrected chi connectivity index (χ2v) is 8.61. The zero-order valence-corrected chi connectivity index (χ0v) is 14.2. The molecule has 0 spiro atoms. The van der Waals surface area contributed by atoms with Crippen LogP contribution in [0.5, 0.6) is 0 Å². The highest BCUT2D eigenvalue weighted by Gasteiger charge is 2.22. The minimum atomic E-state index is 0.353. The molecule has 1 atom stereocenters. The van der Waals surface area contributed by atoms with Gasteiger partial charge in [-0.3, -0.25) is 0 Å². The van der Waals surface area contributed by atoms with E-state index in [1.54, 1.807) is 10.4 Å². The number of aryl methyl sites for hydroxylation is 3. The molecule has 0 bridgehead atoms. The van der Waals surface area contributed by atoms with E-state index in [4.69, 9.17) is 0 Å². The van der Waals surface area contributed by atoms with Gasteiger partial charge in [0.15, 0.2) is 0 Å². The number of halogens is 2. The summed E-state index contributed by atoms with van der Waals surface area (Å²) in [6.45, 7) is 2.16. The fourth-order valence-corrected chi connectivity index (χ4v) is 6.72. The molecule has 1 unspecified atom stereocenters. The summed E-state index contributed by atoms with van der Waals surface area (Å²) in [5.41, 5.74) is 1.58. The van der Waals surface area contributed by atoms with Crippen LogP contribution in [-0.2, 0) is 12.8 Å². The van der Waals surface area contributed by atoms with Crippen LogP contribution in [0.4, 0.5) is 0 Å². The Bertz CT molecular complexity index is 532. The number of fused-ring (bicyclic) bond motifs is 1. The number of hydrogen-bond acceptors (Lipinski definition) is 2. The monoisotopic (exact) mass is 390 g/mol. The molecule has 0 aromatic carbocycles. The molecule has 0 fully saturated rings. The fraction of sp³-hybridized carbons (Fsp3) is 0.385. The van der Waals surface area contributed by atoms with Crippen molar-refractivity contribution in [1.82, 2.24) is 0 Å². The molecular formula is C13H12Br2S2. The van der Waals surface area contributed by atoms with E-state index in [2.05, 4.69) is 50.9 Å². The van der Waals surface area contributed by atoms with E-state index in [-0.39, 0.29) is 0 Å². The Morgan fingerprint density at radius 1 is 1.24 bits per heavy atom. The Kier molecular flexibility index (Phi) is 3.50. The van der Waals surface area contributed by atoms with Crippen molar-refractivity contribution < 1.29 is 0 Å². The standard InChI is InChI=1S/C13H12Br2S2/c1-7-5-9(14)13(16-7)12(15)11-6-8-3-2-4-10(8)17-11/h5-6,12H,2-4H2,1H3. The maximum atomic E-state index is 3.85. The topological polar surface area (TPSA) is 0 Å². The Labute approximate surface area is 126 Å². The first-order valence-corrected chi connectivity index (χ1v) is 9.00. The molecule has 0 radical (unpaired) electrons. The van der Waals surface area contributed by atoms with Gasteiger partial charge in [0.25, 0.3) is 0 Å². The molecule has 2 heterocycles. The SMILES string of the molecule is Cc1cc(Br)c(C(Br)c2cc3c(s2)CCC3)s1. The van der Waals surface area contributed by atoms with Crippen molar-refractivity contribution in [3.63, 3.8) is 0 Å². The van der Waals surface area contributed by atoms with Crippen LogP contribution in [0.25, 0.3) is 0 Å². The smallest absolute Gasteiger partial charge is 0.0842 e. The summed E-state index contributed by atoms with van der Waals surface area (Å²) in [7, 11) is 0. The van der Waals surface area contributed by atoms with E-state index >= 15 is 0 Å². The lowest BCUT2D eigenvalue weighted by Gasteiger charge is -2.06. The molecule has 0 aliphatic heterocycles. The van der Waals surface area contributed by atoms with E-state index in [0.29, 0.717) is 4.83 Å². The largest absolute Gasteiger partial charge is 0.144 e. The van der Waals surface area contributed by atoms with Crippen LogP contribution in [0.2, 0.25) is 0 Å². The van der Waals surface area contributed by atoms with Gasteiger partial charge >= 0.3 is 0 Å². The van der Waals surface area contributed by atoms with E-state index < -0.39 is 0 Å². The molecule has 0 amide bonds. The lowest BCUT2D eigenvalue weighted by molar-refractivity contribution is 0.913. The van der Waals surface area contributed by atoms with Gasteiger partial charge in [-0.15, -0.1) is 22.7 Å². The number of alkyl halides is 1. The number of thiophene rings is 2. The second-order valence-electron chi connectivity index (χ2n) is 4.38. The summed E-state index contributed by atoms with van der Waals surface area (Å²) in [6.07, 6.45) is 3.90. The van der Waals surface area contributed by atoms with Crippen LogP contribution < -0.4 is 0 Å². The maximum Gasteiger partial charge on any atom is 0.0842 e. The summed E-state index contributed by atoms with van der Waals surface area (Å²) in [6, 6.07) is 4.60. The molecule has 2 aromatic rings. The van der Waals surface area contributed by atoms with Crippen molar-refractivity contribution in [2.75, 3.05) is 0 Å². The highest BCUT2D eigenvalue weighted by Crippen LogP contribution is 2.44. The van der Waals surface area contributed by atoms with E-state index in [0.717, 1.165) is 0 Å². The van der Waals surface area contributed by atoms with Crippen LogP contribution in [0.1, 0.15) is 36.3 Å². The highest BCUT2D eigenvalue weighted by atomic mass is 79.9. The van der Waals surface area contributed by atoms with Crippen LogP contribution in [0, 0.1) is 6.92 Å². The van der Waals surface area contributed by atoms with Crippen LogP contribution in [0.15, 0.2) is 16.6 Å². The quantitative estimate of drug-likeness (QED) is 0.563. The van der Waals surface area contributed by atoms with Gasteiger partial charge in [-0.1, -0.05) is 15.9 Å². The van der Waals surface area contributed by atoms with Gasteiger partial charge in [-0.05, 0) is 59.8 Å². The lowest BCUT2D eigenvalue weighted by Crippen LogP contribution is -1.86. The Morgan fingerprint density at radius 3 is 2.71 bits per heavy atom. The first-order chi connectivity index (χ1) is 8.15. The van der Waals surface area contributed by atoms with Crippen molar-refractivity contribution in [1.29, 1.82) is 0 Å². The third-order valence-corrected chi connectivity index (χ3v) is 7.98. The molecule has 0 N–H and O–H groups in total. The van der Waals surface area contributed by atoms with E-state index in [1.165, 1.54) is 38.4 Å². The maximum absolute atomic E-state index is 3.85. The average molecular weight is 392 g/mol. The molecule has 17 heavy (non-hydrogen) atoms. The van der Waals surface area contributed by atoms with Crippen molar-refractivity contribution in [2.24, 2.45) is 0 Å². The third-order valence-electron chi connectivity index (χ3n) is 3.08. The molecule has 90 valence electrons. The van der Waals surface area contributed by atoms with Crippen LogP contribution in [0.3, 0.4) is 0 Å². The molecule has 1 aliphatic carbocycles. The van der Waals surface area contributed by atoms with Gasteiger partial charge in [0.2, 0.25) is 0 Å². The lowest BCUT2D eigenvalue weighted by atomic mass is 10.2. The molecule has 1 aliphatic rings. The normalized spacial score (nSPS) is 16.2. The first-order valence-electron chi connectivity index (χ1n) is 5.66. The molecule has 4 heteroatoms. The summed E-state index contributed by atoms with van der Waals surface area (Å²) < 4.78 is 1.23. The molecular weight excluding hydrogens is 380 g/mol. The summed E-state index contributed by atoms with van der Waals surface area (Å²) >= 11 is 11.4. The van der Waals surface area contributed by atoms with Gasteiger partial charge in [-0.2, -0.15) is 0 Å². The predicted molar refractivity (Wildman–Crippen MR) is 83.9 cm³/mol. The molecule has 0 saturated heterocycles. The predicted octanol–water partition coefficient (Wildman–Crippen LogP) is 5.85. The number of hydrogen-bond donors (Lipinski definition) is 0. The van der Waals surface area contributed by atoms with Gasteiger partial charge in [0, 0.05) is 24.0 Å². The second kappa shape index (κ2) is 4.80. The minimum absolute atomic E-state index is 0.353. The van der Waals surface area contributed by atoms with Crippen molar-refractivity contribution in [3.8, 4) is 0 Å².